The number of carbonyl (C=O) groups excluding carboxylic acids is 1. The van der Waals surface area contributed by atoms with Crippen LogP contribution in [0.1, 0.15) is 12.0 Å². The maximum absolute atomic E-state index is 12.1. The summed E-state index contributed by atoms with van der Waals surface area (Å²) in [6.45, 7) is 0.486. The smallest absolute Gasteiger partial charge is 0.267 e. The maximum atomic E-state index is 12.1. The number of nitrogens with zero attached hydrogens (tertiary/aromatic N) is 4. The molecule has 0 saturated carbocycles. The summed E-state index contributed by atoms with van der Waals surface area (Å²) >= 11 is 6.09. The van der Waals surface area contributed by atoms with E-state index >= 15 is 0 Å². The molecule has 0 unspecified atom stereocenters. The van der Waals surface area contributed by atoms with Crippen molar-refractivity contribution in [2.45, 2.75) is 12.0 Å². The number of nitrogens with one attached hydrogen (secondary N) is 1. The molecule has 1 fully saturated rings. The first-order valence-electron chi connectivity index (χ1n) is 8.60. The van der Waals surface area contributed by atoms with Gasteiger partial charge < -0.3 is 10.0 Å². The molecule has 1 amide bonds. The molecule has 3 aromatic rings. The van der Waals surface area contributed by atoms with Gasteiger partial charge in [-0.1, -0.05) is 24.0 Å². The Balaban J connectivity index is 1.67. The van der Waals surface area contributed by atoms with Crippen molar-refractivity contribution in [3.05, 3.63) is 53.4 Å². The molecule has 0 spiro atoms. The fourth-order valence-corrected chi connectivity index (χ4v) is 3.19. The topological polar surface area (TPSA) is 95.0 Å². The van der Waals surface area contributed by atoms with E-state index in [9.17, 15) is 9.90 Å². The van der Waals surface area contributed by atoms with E-state index in [0.717, 1.165) is 11.3 Å². The van der Waals surface area contributed by atoms with E-state index in [0.29, 0.717) is 29.9 Å². The summed E-state index contributed by atoms with van der Waals surface area (Å²) in [4.78, 5) is 22.0. The SMILES string of the molecule is CN1CC[C@@](O)(C#Cc2cccc(-c3cc(-c4ccn[nH]4)nc(Cl)n3)c2)C1=O. The normalized spacial score (nSPS) is 18.8. The number of carbonyl (C=O) groups is 1. The summed E-state index contributed by atoms with van der Waals surface area (Å²) in [5.74, 6) is 5.25. The third-order valence-electron chi connectivity index (χ3n) is 4.56. The third kappa shape index (κ3) is 3.48. The van der Waals surface area contributed by atoms with Crippen LogP contribution < -0.4 is 0 Å². The average molecular weight is 394 g/mol. The van der Waals surface area contributed by atoms with Crippen LogP contribution in [0, 0.1) is 11.8 Å². The minimum Gasteiger partial charge on any atom is -0.369 e. The summed E-state index contributed by atoms with van der Waals surface area (Å²) in [5.41, 5.74) is 1.80. The molecular weight excluding hydrogens is 378 g/mol. The monoisotopic (exact) mass is 393 g/mol. The highest BCUT2D eigenvalue weighted by Gasteiger charge is 2.42. The number of hydrogen-bond acceptors (Lipinski definition) is 5. The van der Waals surface area contributed by atoms with Crippen molar-refractivity contribution in [1.29, 1.82) is 0 Å². The Morgan fingerprint density at radius 2 is 2.07 bits per heavy atom. The Bertz CT molecular complexity index is 1100. The fraction of sp³-hybridized carbons (Fsp3) is 0.200. The van der Waals surface area contributed by atoms with E-state index in [1.165, 1.54) is 4.90 Å². The summed E-state index contributed by atoms with van der Waals surface area (Å²) in [7, 11) is 1.65. The Morgan fingerprint density at radius 1 is 1.25 bits per heavy atom. The number of likely N-dealkylation sites (tertiary alicyclic amines) is 1. The molecule has 1 atom stereocenters. The second-order valence-electron chi connectivity index (χ2n) is 6.55. The van der Waals surface area contributed by atoms with Crippen LogP contribution in [0.25, 0.3) is 22.6 Å². The molecule has 0 bridgehead atoms. The van der Waals surface area contributed by atoms with Gasteiger partial charge in [0, 0.05) is 37.3 Å². The molecule has 7 nitrogen and oxygen atoms in total. The summed E-state index contributed by atoms with van der Waals surface area (Å²) < 4.78 is 0. The first-order valence-corrected chi connectivity index (χ1v) is 8.98. The van der Waals surface area contributed by atoms with Gasteiger partial charge in [0.25, 0.3) is 5.91 Å². The second-order valence-corrected chi connectivity index (χ2v) is 6.88. The van der Waals surface area contributed by atoms with Crippen molar-refractivity contribution in [3.8, 4) is 34.5 Å². The summed E-state index contributed by atoms with van der Waals surface area (Å²) in [6, 6.07) is 10.9. The Morgan fingerprint density at radius 3 is 2.79 bits per heavy atom. The van der Waals surface area contributed by atoms with E-state index in [1.54, 1.807) is 25.4 Å². The molecule has 1 aliphatic heterocycles. The highest BCUT2D eigenvalue weighted by molar-refractivity contribution is 6.28. The second kappa shape index (κ2) is 7.08. The lowest BCUT2D eigenvalue weighted by molar-refractivity contribution is -0.137. The number of aliphatic hydroxyl groups is 1. The van der Waals surface area contributed by atoms with Crippen molar-refractivity contribution >= 4 is 17.5 Å². The van der Waals surface area contributed by atoms with Crippen LogP contribution in [0.5, 0.6) is 0 Å². The van der Waals surface area contributed by atoms with Crippen LogP contribution in [0.4, 0.5) is 0 Å². The Hall–Kier alpha value is -3.21. The number of benzene rings is 1. The molecule has 1 aliphatic rings. The molecule has 2 aromatic heterocycles. The molecule has 0 radical (unpaired) electrons. The largest absolute Gasteiger partial charge is 0.369 e. The summed E-state index contributed by atoms with van der Waals surface area (Å²) in [5, 5.41) is 17.3. The van der Waals surface area contributed by atoms with Gasteiger partial charge in [-0.05, 0) is 35.9 Å². The van der Waals surface area contributed by atoms with E-state index in [-0.39, 0.29) is 11.2 Å². The number of halogens is 1. The number of rotatable bonds is 2. The number of H-pyrrole nitrogens is 1. The minimum atomic E-state index is -1.63. The van der Waals surface area contributed by atoms with Crippen molar-refractivity contribution in [1.82, 2.24) is 25.1 Å². The number of aromatic nitrogens is 4. The van der Waals surface area contributed by atoms with Gasteiger partial charge in [-0.25, -0.2) is 9.97 Å². The molecule has 2 N–H and O–H groups in total. The lowest BCUT2D eigenvalue weighted by atomic mass is 10.0. The molecule has 4 rings (SSSR count). The van der Waals surface area contributed by atoms with Gasteiger partial charge in [0.05, 0.1) is 17.1 Å². The van der Waals surface area contributed by atoms with Crippen molar-refractivity contribution in [2.24, 2.45) is 0 Å². The number of hydrogen-bond donors (Lipinski definition) is 2. The van der Waals surface area contributed by atoms with E-state index in [4.69, 9.17) is 11.6 Å². The van der Waals surface area contributed by atoms with Crippen LogP contribution in [0.15, 0.2) is 42.6 Å². The zero-order chi connectivity index (χ0) is 19.7. The van der Waals surface area contributed by atoms with Crippen LogP contribution in [-0.4, -0.2) is 55.3 Å². The number of amides is 1. The van der Waals surface area contributed by atoms with E-state index in [2.05, 4.69) is 32.0 Å². The first kappa shape index (κ1) is 18.2. The summed E-state index contributed by atoms with van der Waals surface area (Å²) in [6.07, 6.45) is 1.93. The molecule has 1 aromatic carbocycles. The van der Waals surface area contributed by atoms with Crippen molar-refractivity contribution in [2.75, 3.05) is 13.6 Å². The highest BCUT2D eigenvalue weighted by atomic mass is 35.5. The van der Waals surface area contributed by atoms with Crippen LogP contribution in [-0.2, 0) is 4.79 Å². The van der Waals surface area contributed by atoms with Gasteiger partial charge >= 0.3 is 0 Å². The van der Waals surface area contributed by atoms with Gasteiger partial charge in [0.1, 0.15) is 0 Å². The number of likely N-dealkylation sites (N-methyl/N-ethyl adjacent to an activating group) is 1. The first-order chi connectivity index (χ1) is 13.4. The lowest BCUT2D eigenvalue weighted by Crippen LogP contribution is -2.37. The molecule has 140 valence electrons. The zero-order valence-corrected chi connectivity index (χ0v) is 15.7. The Kier molecular flexibility index (Phi) is 4.59. The van der Waals surface area contributed by atoms with Crippen molar-refractivity contribution < 1.29 is 9.90 Å². The van der Waals surface area contributed by atoms with E-state index in [1.807, 2.05) is 24.3 Å². The van der Waals surface area contributed by atoms with Gasteiger partial charge in [0.2, 0.25) is 10.9 Å². The molecule has 8 heteroatoms. The van der Waals surface area contributed by atoms with Crippen LogP contribution >= 0.6 is 11.6 Å². The van der Waals surface area contributed by atoms with Gasteiger partial charge in [-0.3, -0.25) is 9.89 Å². The standard InChI is InChI=1S/C20H16ClN5O2/c1-26-10-8-20(28,18(26)27)7-5-13-3-2-4-14(11-13)16-12-17(24-19(21)23-16)15-6-9-22-25-15/h2-4,6,9,11-12,28H,8,10H2,1H3,(H,22,25)/t20-/m0/s1. The fourth-order valence-electron chi connectivity index (χ4n) is 3.00. The minimum absolute atomic E-state index is 0.118. The predicted octanol–water partition coefficient (Wildman–Crippen LogP) is 2.13. The average Bonchev–Trinajstić information content (AvgIpc) is 3.32. The predicted molar refractivity (Wildman–Crippen MR) is 104 cm³/mol. The highest BCUT2D eigenvalue weighted by Crippen LogP contribution is 2.25. The molecule has 1 saturated heterocycles. The lowest BCUT2D eigenvalue weighted by Gasteiger charge is -2.13. The number of aromatic amines is 1. The van der Waals surface area contributed by atoms with Gasteiger partial charge in [0.15, 0.2) is 0 Å². The van der Waals surface area contributed by atoms with Gasteiger partial charge in [-0.15, -0.1) is 0 Å². The Labute approximate surface area is 166 Å². The molecule has 28 heavy (non-hydrogen) atoms. The molecular formula is C20H16ClN5O2. The quantitative estimate of drug-likeness (QED) is 0.513. The third-order valence-corrected chi connectivity index (χ3v) is 4.73. The van der Waals surface area contributed by atoms with Crippen LogP contribution in [0.2, 0.25) is 5.28 Å². The van der Waals surface area contributed by atoms with Crippen molar-refractivity contribution in [3.63, 3.8) is 0 Å². The zero-order valence-electron chi connectivity index (χ0n) is 15.0. The molecule has 3 heterocycles. The van der Waals surface area contributed by atoms with Gasteiger partial charge in [-0.2, -0.15) is 5.10 Å². The van der Waals surface area contributed by atoms with E-state index < -0.39 is 5.60 Å². The maximum Gasteiger partial charge on any atom is 0.267 e. The van der Waals surface area contributed by atoms with Crippen LogP contribution in [0.3, 0.4) is 0 Å². The molecule has 0 aliphatic carbocycles.